The molecule has 1 saturated heterocycles. The molecule has 0 aromatic heterocycles. The fraction of sp³-hybridized carbons (Fsp3) is 0.684. The lowest BCUT2D eigenvalue weighted by Crippen LogP contribution is -2.51. The SMILES string of the molecule is CC1(CO)COC(C(C)(CO)c2ccc(C(C)(C)C)cc2)OC1. The highest BCUT2D eigenvalue weighted by Crippen LogP contribution is 2.36. The van der Waals surface area contributed by atoms with Gasteiger partial charge in [0.15, 0.2) is 6.29 Å². The van der Waals surface area contributed by atoms with Crippen LogP contribution in [-0.2, 0) is 20.3 Å². The van der Waals surface area contributed by atoms with Crippen LogP contribution < -0.4 is 0 Å². The molecule has 130 valence electrons. The molecule has 0 radical (unpaired) electrons. The summed E-state index contributed by atoms with van der Waals surface area (Å²) in [7, 11) is 0. The fourth-order valence-electron chi connectivity index (χ4n) is 2.76. The lowest BCUT2D eigenvalue weighted by molar-refractivity contribution is -0.261. The number of ether oxygens (including phenoxy) is 2. The number of aliphatic hydroxyl groups is 2. The molecule has 1 aromatic rings. The van der Waals surface area contributed by atoms with E-state index in [1.807, 2.05) is 26.0 Å². The van der Waals surface area contributed by atoms with Gasteiger partial charge < -0.3 is 19.7 Å². The Balaban J connectivity index is 2.21. The summed E-state index contributed by atoms with van der Waals surface area (Å²) in [5, 5.41) is 19.4. The molecule has 2 N–H and O–H groups in total. The molecule has 0 saturated carbocycles. The van der Waals surface area contributed by atoms with Gasteiger partial charge in [-0.2, -0.15) is 0 Å². The van der Waals surface area contributed by atoms with E-state index in [-0.39, 0.29) is 24.0 Å². The van der Waals surface area contributed by atoms with Gasteiger partial charge in [-0.05, 0) is 23.5 Å². The van der Waals surface area contributed by atoms with E-state index in [0.29, 0.717) is 13.2 Å². The van der Waals surface area contributed by atoms with Crippen molar-refractivity contribution in [3.63, 3.8) is 0 Å². The molecular weight excluding hydrogens is 292 g/mol. The van der Waals surface area contributed by atoms with Gasteiger partial charge in [0, 0.05) is 5.41 Å². The van der Waals surface area contributed by atoms with Crippen molar-refractivity contribution in [3.8, 4) is 0 Å². The first kappa shape index (κ1) is 18.4. The first-order valence-electron chi connectivity index (χ1n) is 8.21. The van der Waals surface area contributed by atoms with E-state index in [2.05, 4.69) is 32.9 Å². The molecule has 1 aliphatic rings. The maximum absolute atomic E-state index is 10.00. The molecule has 1 unspecified atom stereocenters. The maximum atomic E-state index is 10.00. The first-order valence-corrected chi connectivity index (χ1v) is 8.21. The minimum atomic E-state index is -0.632. The topological polar surface area (TPSA) is 58.9 Å². The van der Waals surface area contributed by atoms with Crippen molar-refractivity contribution in [1.29, 1.82) is 0 Å². The predicted molar refractivity (Wildman–Crippen MR) is 90.5 cm³/mol. The Labute approximate surface area is 139 Å². The standard InChI is InChI=1S/C19H30O4/c1-17(2,3)14-6-8-15(9-7-14)19(5,11-21)16-22-12-18(4,10-20)13-23-16/h6-9,16,20-21H,10-13H2,1-5H3. The number of hydrogen-bond donors (Lipinski definition) is 2. The summed E-state index contributed by atoms with van der Waals surface area (Å²) in [4.78, 5) is 0. The molecule has 1 fully saturated rings. The Bertz CT molecular complexity index is 509. The van der Waals surface area contributed by atoms with Crippen LogP contribution in [-0.4, -0.2) is 42.9 Å². The summed E-state index contributed by atoms with van der Waals surface area (Å²) in [6.45, 7) is 11.2. The van der Waals surface area contributed by atoms with E-state index in [0.717, 1.165) is 5.56 Å². The van der Waals surface area contributed by atoms with Crippen molar-refractivity contribution in [2.75, 3.05) is 26.4 Å². The maximum Gasteiger partial charge on any atom is 0.169 e. The minimum absolute atomic E-state index is 0.0236. The van der Waals surface area contributed by atoms with Gasteiger partial charge in [0.25, 0.3) is 0 Å². The van der Waals surface area contributed by atoms with Gasteiger partial charge in [-0.3, -0.25) is 0 Å². The highest BCUT2D eigenvalue weighted by Gasteiger charge is 2.43. The molecule has 0 bridgehead atoms. The van der Waals surface area contributed by atoms with Gasteiger partial charge in [0.2, 0.25) is 0 Å². The molecule has 23 heavy (non-hydrogen) atoms. The number of hydrogen-bond acceptors (Lipinski definition) is 4. The van der Waals surface area contributed by atoms with Gasteiger partial charge in [-0.1, -0.05) is 52.0 Å². The zero-order chi connectivity index (χ0) is 17.3. The second-order valence-electron chi connectivity index (χ2n) is 8.33. The van der Waals surface area contributed by atoms with E-state index < -0.39 is 11.7 Å². The summed E-state index contributed by atoms with van der Waals surface area (Å²) < 4.78 is 11.7. The van der Waals surface area contributed by atoms with Crippen molar-refractivity contribution in [2.24, 2.45) is 5.41 Å². The van der Waals surface area contributed by atoms with Crippen LogP contribution in [0.25, 0.3) is 0 Å². The third-order valence-corrected chi connectivity index (χ3v) is 4.81. The number of rotatable bonds is 4. The van der Waals surface area contributed by atoms with Crippen LogP contribution in [0.3, 0.4) is 0 Å². The molecule has 0 spiro atoms. The van der Waals surface area contributed by atoms with Crippen LogP contribution in [0.15, 0.2) is 24.3 Å². The smallest absolute Gasteiger partial charge is 0.169 e. The zero-order valence-electron chi connectivity index (χ0n) is 14.9. The van der Waals surface area contributed by atoms with Crippen molar-refractivity contribution in [2.45, 2.75) is 51.7 Å². The van der Waals surface area contributed by atoms with E-state index in [4.69, 9.17) is 9.47 Å². The third kappa shape index (κ3) is 3.77. The van der Waals surface area contributed by atoms with Crippen LogP contribution in [0.1, 0.15) is 45.7 Å². The Morgan fingerprint density at radius 3 is 1.87 bits per heavy atom. The van der Waals surface area contributed by atoms with E-state index in [9.17, 15) is 10.2 Å². The van der Waals surface area contributed by atoms with Gasteiger partial charge in [-0.15, -0.1) is 0 Å². The Morgan fingerprint density at radius 1 is 1.00 bits per heavy atom. The second-order valence-corrected chi connectivity index (χ2v) is 8.33. The van der Waals surface area contributed by atoms with Crippen molar-refractivity contribution >= 4 is 0 Å². The molecule has 1 atom stereocenters. The number of aliphatic hydroxyl groups excluding tert-OH is 2. The molecule has 4 nitrogen and oxygen atoms in total. The highest BCUT2D eigenvalue weighted by molar-refractivity contribution is 5.32. The Hall–Kier alpha value is -0.940. The van der Waals surface area contributed by atoms with Gasteiger partial charge in [-0.25, -0.2) is 0 Å². The largest absolute Gasteiger partial charge is 0.396 e. The van der Waals surface area contributed by atoms with Crippen molar-refractivity contribution in [3.05, 3.63) is 35.4 Å². The van der Waals surface area contributed by atoms with Crippen molar-refractivity contribution < 1.29 is 19.7 Å². The lowest BCUT2D eigenvalue weighted by Gasteiger charge is -2.43. The van der Waals surface area contributed by atoms with Crippen LogP contribution in [0.5, 0.6) is 0 Å². The molecule has 1 aromatic carbocycles. The van der Waals surface area contributed by atoms with Crippen LogP contribution >= 0.6 is 0 Å². The predicted octanol–water partition coefficient (Wildman–Crippen LogP) is 2.61. The summed E-state index contributed by atoms with van der Waals surface area (Å²) in [6.07, 6.45) is -0.521. The minimum Gasteiger partial charge on any atom is -0.396 e. The van der Waals surface area contributed by atoms with E-state index >= 15 is 0 Å². The van der Waals surface area contributed by atoms with Crippen LogP contribution in [0.4, 0.5) is 0 Å². The highest BCUT2D eigenvalue weighted by atomic mass is 16.7. The molecule has 4 heteroatoms. The van der Waals surface area contributed by atoms with Crippen LogP contribution in [0.2, 0.25) is 0 Å². The molecule has 0 aliphatic carbocycles. The zero-order valence-corrected chi connectivity index (χ0v) is 14.9. The summed E-state index contributed by atoms with van der Waals surface area (Å²) >= 11 is 0. The Morgan fingerprint density at radius 2 is 1.48 bits per heavy atom. The fourth-order valence-corrected chi connectivity index (χ4v) is 2.76. The van der Waals surface area contributed by atoms with Gasteiger partial charge >= 0.3 is 0 Å². The average molecular weight is 322 g/mol. The number of benzene rings is 1. The van der Waals surface area contributed by atoms with Crippen molar-refractivity contribution in [1.82, 2.24) is 0 Å². The quantitative estimate of drug-likeness (QED) is 0.894. The third-order valence-electron chi connectivity index (χ3n) is 4.81. The first-order chi connectivity index (χ1) is 10.6. The monoisotopic (exact) mass is 322 g/mol. The molecule has 1 heterocycles. The molecule has 0 amide bonds. The molecule has 1 aliphatic heterocycles. The average Bonchev–Trinajstić information content (AvgIpc) is 2.54. The molecule has 2 rings (SSSR count). The van der Waals surface area contributed by atoms with E-state index in [1.165, 1.54) is 5.56 Å². The van der Waals surface area contributed by atoms with E-state index in [1.54, 1.807) is 0 Å². The van der Waals surface area contributed by atoms with Crippen LogP contribution in [0, 0.1) is 5.41 Å². The normalized spacial score (nSPS) is 28.4. The summed E-state index contributed by atoms with van der Waals surface area (Å²) in [5.74, 6) is 0. The molecular formula is C19H30O4. The Kier molecular flexibility index (Phi) is 5.21. The lowest BCUT2D eigenvalue weighted by atomic mass is 9.79. The summed E-state index contributed by atoms with van der Waals surface area (Å²) in [5.41, 5.74) is 1.33. The van der Waals surface area contributed by atoms with Gasteiger partial charge in [0.05, 0.1) is 31.8 Å². The summed E-state index contributed by atoms with van der Waals surface area (Å²) in [6, 6.07) is 8.29. The van der Waals surface area contributed by atoms with Gasteiger partial charge in [0.1, 0.15) is 0 Å². The second kappa shape index (κ2) is 6.52.